The van der Waals surface area contributed by atoms with Crippen LogP contribution in [-0.2, 0) is 11.2 Å². The van der Waals surface area contributed by atoms with Gasteiger partial charge >= 0.3 is 0 Å². The second kappa shape index (κ2) is 7.21. The lowest BCUT2D eigenvalue weighted by Gasteiger charge is -2.31. The summed E-state index contributed by atoms with van der Waals surface area (Å²) < 4.78 is 5.14. The fraction of sp³-hybridized carbons (Fsp3) is 0.444. The molecule has 0 radical (unpaired) electrons. The number of piperidine rings is 1. The highest BCUT2D eigenvalue weighted by Gasteiger charge is 2.24. The second-order valence-electron chi connectivity index (χ2n) is 6.07. The van der Waals surface area contributed by atoms with Gasteiger partial charge in [0, 0.05) is 29.3 Å². The van der Waals surface area contributed by atoms with Crippen LogP contribution in [-0.4, -0.2) is 34.3 Å². The molecule has 0 atom stereocenters. The zero-order valence-electron chi connectivity index (χ0n) is 13.6. The first kappa shape index (κ1) is 16.1. The van der Waals surface area contributed by atoms with Crippen LogP contribution >= 0.6 is 11.8 Å². The highest BCUT2D eigenvalue weighted by atomic mass is 32.2. The second-order valence-corrected chi connectivity index (χ2v) is 7.42. The molecule has 2 heterocycles. The predicted octanol–water partition coefficient (Wildman–Crippen LogP) is 3.62. The number of benzene rings is 1. The van der Waals surface area contributed by atoms with Gasteiger partial charge in [-0.05, 0) is 38.3 Å². The van der Waals surface area contributed by atoms with Crippen molar-refractivity contribution >= 4 is 17.7 Å². The molecule has 23 heavy (non-hydrogen) atoms. The monoisotopic (exact) mass is 330 g/mol. The van der Waals surface area contributed by atoms with Crippen LogP contribution in [0.3, 0.4) is 0 Å². The molecule has 1 aromatic heterocycles. The minimum Gasteiger partial charge on any atom is -0.361 e. The number of likely N-dealkylation sites (tertiary alicyclic amines) is 1. The third-order valence-corrected chi connectivity index (χ3v) is 5.70. The summed E-state index contributed by atoms with van der Waals surface area (Å²) in [5, 5.41) is 4.42. The normalized spacial score (nSPS) is 15.8. The minimum atomic E-state index is 0.139. The summed E-state index contributed by atoms with van der Waals surface area (Å²) in [6.45, 7) is 5.68. The molecule has 1 saturated heterocycles. The van der Waals surface area contributed by atoms with E-state index in [1.807, 2.05) is 29.7 Å². The van der Waals surface area contributed by atoms with Crippen molar-refractivity contribution in [2.75, 3.05) is 13.1 Å². The molecule has 0 aliphatic carbocycles. The number of hydrogen-bond donors (Lipinski definition) is 0. The van der Waals surface area contributed by atoms with Gasteiger partial charge in [-0.2, -0.15) is 0 Å². The van der Waals surface area contributed by atoms with Crippen molar-refractivity contribution in [2.45, 2.75) is 43.3 Å². The number of carbonyl (C=O) groups excluding carboxylic acids is 1. The Balaban J connectivity index is 1.50. The molecule has 3 rings (SSSR count). The van der Waals surface area contributed by atoms with E-state index in [2.05, 4.69) is 36.3 Å². The topological polar surface area (TPSA) is 46.3 Å². The van der Waals surface area contributed by atoms with E-state index in [0.29, 0.717) is 17.4 Å². The van der Waals surface area contributed by atoms with Crippen LogP contribution in [0.15, 0.2) is 39.8 Å². The number of thioether (sulfide) groups is 1. The Morgan fingerprint density at radius 2 is 2.04 bits per heavy atom. The van der Waals surface area contributed by atoms with Crippen molar-refractivity contribution in [3.63, 3.8) is 0 Å². The molecule has 0 N–H and O–H groups in total. The molecule has 0 unspecified atom stereocenters. The van der Waals surface area contributed by atoms with Gasteiger partial charge in [-0.3, -0.25) is 4.79 Å². The molecule has 0 saturated carbocycles. The summed E-state index contributed by atoms with van der Waals surface area (Å²) in [7, 11) is 0. The summed E-state index contributed by atoms with van der Waals surface area (Å²) in [6, 6.07) is 10.3. The number of hydrogen-bond acceptors (Lipinski definition) is 4. The van der Waals surface area contributed by atoms with Gasteiger partial charge in [-0.15, -0.1) is 11.8 Å². The Kier molecular flexibility index (Phi) is 5.06. The summed E-state index contributed by atoms with van der Waals surface area (Å²) in [5.74, 6) is 0.796. The SMILES string of the molecule is Cc1cc(CC(=O)N2CCC(Sc3ccccc3C)CC2)on1. The third-order valence-electron chi connectivity index (χ3n) is 4.18. The molecule has 0 spiro atoms. The van der Waals surface area contributed by atoms with Gasteiger partial charge in [0.15, 0.2) is 0 Å². The molecule has 1 aliphatic rings. The van der Waals surface area contributed by atoms with Crippen LogP contribution in [0, 0.1) is 13.8 Å². The van der Waals surface area contributed by atoms with Crippen LogP contribution in [0.5, 0.6) is 0 Å². The van der Waals surface area contributed by atoms with E-state index in [9.17, 15) is 4.79 Å². The number of nitrogens with zero attached hydrogens (tertiary/aromatic N) is 2. The predicted molar refractivity (Wildman–Crippen MR) is 91.6 cm³/mol. The maximum absolute atomic E-state index is 12.3. The molecule has 1 aliphatic heterocycles. The number of rotatable bonds is 4. The maximum Gasteiger partial charge on any atom is 0.230 e. The summed E-state index contributed by atoms with van der Waals surface area (Å²) >= 11 is 1.95. The Morgan fingerprint density at radius 1 is 1.30 bits per heavy atom. The third kappa shape index (κ3) is 4.16. The lowest BCUT2D eigenvalue weighted by molar-refractivity contribution is -0.131. The van der Waals surface area contributed by atoms with Gasteiger partial charge in [-0.1, -0.05) is 23.4 Å². The van der Waals surface area contributed by atoms with Crippen molar-refractivity contribution in [2.24, 2.45) is 0 Å². The van der Waals surface area contributed by atoms with Gasteiger partial charge in [-0.25, -0.2) is 0 Å². The Hall–Kier alpha value is -1.75. The van der Waals surface area contributed by atoms with E-state index in [-0.39, 0.29) is 5.91 Å². The van der Waals surface area contributed by atoms with E-state index in [4.69, 9.17) is 4.52 Å². The molecule has 1 fully saturated rings. The minimum absolute atomic E-state index is 0.139. The van der Waals surface area contributed by atoms with Crippen LogP contribution in [0.25, 0.3) is 0 Å². The van der Waals surface area contributed by atoms with Crippen molar-refractivity contribution < 1.29 is 9.32 Å². The number of aryl methyl sites for hydroxylation is 2. The molecular weight excluding hydrogens is 308 g/mol. The fourth-order valence-electron chi connectivity index (χ4n) is 2.85. The van der Waals surface area contributed by atoms with E-state index >= 15 is 0 Å². The van der Waals surface area contributed by atoms with Crippen LogP contribution in [0.4, 0.5) is 0 Å². The summed E-state index contributed by atoms with van der Waals surface area (Å²) in [5.41, 5.74) is 2.15. The highest BCUT2D eigenvalue weighted by Crippen LogP contribution is 2.32. The average molecular weight is 330 g/mol. The van der Waals surface area contributed by atoms with E-state index in [1.165, 1.54) is 10.5 Å². The lowest BCUT2D eigenvalue weighted by atomic mass is 10.1. The molecule has 2 aromatic rings. The summed E-state index contributed by atoms with van der Waals surface area (Å²) in [4.78, 5) is 15.6. The first-order valence-electron chi connectivity index (χ1n) is 8.04. The van der Waals surface area contributed by atoms with E-state index < -0.39 is 0 Å². The number of aromatic nitrogens is 1. The quantitative estimate of drug-likeness (QED) is 0.859. The average Bonchev–Trinajstić information content (AvgIpc) is 2.95. The van der Waals surface area contributed by atoms with Crippen LogP contribution in [0.1, 0.15) is 29.9 Å². The highest BCUT2D eigenvalue weighted by molar-refractivity contribution is 8.00. The zero-order valence-corrected chi connectivity index (χ0v) is 14.4. The van der Waals surface area contributed by atoms with Crippen LogP contribution in [0.2, 0.25) is 0 Å². The largest absolute Gasteiger partial charge is 0.361 e. The van der Waals surface area contributed by atoms with Gasteiger partial charge in [0.25, 0.3) is 0 Å². The first-order chi connectivity index (χ1) is 11.1. The molecule has 5 heteroatoms. The molecule has 122 valence electrons. The van der Waals surface area contributed by atoms with Crippen molar-refractivity contribution in [3.8, 4) is 0 Å². The van der Waals surface area contributed by atoms with E-state index in [0.717, 1.165) is 31.6 Å². The zero-order chi connectivity index (χ0) is 16.2. The maximum atomic E-state index is 12.3. The Morgan fingerprint density at radius 3 is 2.70 bits per heavy atom. The standard InChI is InChI=1S/C18H22N2O2S/c1-13-5-3-4-6-17(13)23-16-7-9-20(10-8-16)18(21)12-15-11-14(2)19-22-15/h3-6,11,16H,7-10,12H2,1-2H3. The molecular formula is C18H22N2O2S. The molecule has 1 aromatic carbocycles. The Bertz CT molecular complexity index is 675. The molecule has 1 amide bonds. The fourth-order valence-corrected chi connectivity index (χ4v) is 4.07. The van der Waals surface area contributed by atoms with E-state index in [1.54, 1.807) is 0 Å². The molecule has 0 bridgehead atoms. The van der Waals surface area contributed by atoms with Gasteiger partial charge in [0.05, 0.1) is 12.1 Å². The first-order valence-corrected chi connectivity index (χ1v) is 8.92. The number of amides is 1. The van der Waals surface area contributed by atoms with Crippen molar-refractivity contribution in [3.05, 3.63) is 47.3 Å². The molecule has 4 nitrogen and oxygen atoms in total. The smallest absolute Gasteiger partial charge is 0.230 e. The van der Waals surface area contributed by atoms with Gasteiger partial charge in [0.1, 0.15) is 5.76 Å². The van der Waals surface area contributed by atoms with Crippen molar-refractivity contribution in [1.82, 2.24) is 10.1 Å². The van der Waals surface area contributed by atoms with Gasteiger partial charge < -0.3 is 9.42 Å². The van der Waals surface area contributed by atoms with Crippen molar-refractivity contribution in [1.29, 1.82) is 0 Å². The van der Waals surface area contributed by atoms with Gasteiger partial charge in [0.2, 0.25) is 5.91 Å². The summed E-state index contributed by atoms with van der Waals surface area (Å²) in [6.07, 6.45) is 2.40. The number of carbonyl (C=O) groups is 1. The van der Waals surface area contributed by atoms with Crippen LogP contribution < -0.4 is 0 Å². The Labute approximate surface area is 141 Å². The lowest BCUT2D eigenvalue weighted by Crippen LogP contribution is -2.40.